The van der Waals surface area contributed by atoms with Crippen LogP contribution in [0.3, 0.4) is 0 Å². The molecule has 0 aromatic heterocycles. The van der Waals surface area contributed by atoms with E-state index in [2.05, 4.69) is 5.11 Å². The Hall–Kier alpha value is -1.95. The Morgan fingerprint density at radius 2 is 2.29 bits per heavy atom. The number of allylic oxidation sites excluding steroid dienone is 2. The third-order valence-electron chi connectivity index (χ3n) is 5.61. The van der Waals surface area contributed by atoms with Gasteiger partial charge < -0.3 is 24.2 Å². The Balaban J connectivity index is 2.04. The van der Waals surface area contributed by atoms with Crippen LogP contribution in [0.5, 0.6) is 5.75 Å². The molecule has 3 N–H and O–H groups in total. The van der Waals surface area contributed by atoms with E-state index in [1.54, 1.807) is 6.08 Å². The Labute approximate surface area is 213 Å². The van der Waals surface area contributed by atoms with Gasteiger partial charge in [0.05, 0.1) is 17.8 Å². The molecule has 11 heteroatoms. The van der Waals surface area contributed by atoms with Gasteiger partial charge in [-0.05, 0) is 63.7 Å². The molecule has 0 heterocycles. The molecule has 0 spiro atoms. The molecule has 4 unspecified atom stereocenters. The van der Waals surface area contributed by atoms with E-state index in [9.17, 15) is 23.1 Å². The zero-order chi connectivity index (χ0) is 28.1. The van der Waals surface area contributed by atoms with Gasteiger partial charge in [0.1, 0.15) is 26.2 Å². The molecule has 0 amide bonds. The van der Waals surface area contributed by atoms with Gasteiger partial charge in [-0.2, -0.15) is 13.2 Å². The molecule has 6 nitrogen and oxygen atoms in total. The number of unbranched alkanes of at least 4 members (excludes halogenated alkanes) is 1. The van der Waals surface area contributed by atoms with Crippen molar-refractivity contribution in [1.29, 1.82) is 4.10 Å². The van der Waals surface area contributed by atoms with Crippen LogP contribution in [0.25, 0.3) is 0 Å². The SMILES string of the molecule is [2H]B([3H])CSOC1CC(O)[C@H](/C=C/C(COc2cccc(C(F)(F)F)c2)O[3H])C1C/C=C\CCCC(=O)O. The first-order valence-corrected chi connectivity index (χ1v) is 12.2. The Morgan fingerprint density at radius 1 is 1.46 bits per heavy atom. The summed E-state index contributed by atoms with van der Waals surface area (Å²) in [4.78, 5) is 10.7. The number of hydrogen-bond acceptors (Lipinski definition) is 6. The highest BCUT2D eigenvalue weighted by atomic mass is 32.2. The minimum atomic E-state index is -4.51. The van der Waals surface area contributed by atoms with Crippen LogP contribution in [0, 0.1) is 11.8 Å². The molecule has 194 valence electrons. The largest absolute Gasteiger partial charge is 0.491 e. The topological polar surface area (TPSA) is 96.2 Å². The summed E-state index contributed by atoms with van der Waals surface area (Å²) in [5.41, 5.74) is -0.708. The second-order valence-electron chi connectivity index (χ2n) is 8.22. The first-order chi connectivity index (χ1) is 18.0. The van der Waals surface area contributed by atoms with E-state index in [1.807, 2.05) is 12.2 Å². The number of carboxylic acid groups (broad SMARTS) is 1. The van der Waals surface area contributed by atoms with Gasteiger partial charge in [-0.25, -0.2) is 0 Å². The zero-order valence-corrected chi connectivity index (χ0v) is 19.9. The number of aliphatic carboxylic acids is 1. The number of benzene rings is 1. The molecule has 1 saturated carbocycles. The van der Waals surface area contributed by atoms with Crippen molar-refractivity contribution in [3.63, 3.8) is 0 Å². The average molecular weight is 521 g/mol. The number of alkyl halides is 3. The van der Waals surface area contributed by atoms with E-state index in [0.717, 1.165) is 24.2 Å². The number of aliphatic hydroxyl groups excluding tert-OH is 2. The van der Waals surface area contributed by atoms with Gasteiger partial charge in [-0.15, -0.1) is 0 Å². The Morgan fingerprint density at radius 3 is 3.00 bits per heavy atom. The van der Waals surface area contributed by atoms with Crippen molar-refractivity contribution in [2.75, 3.05) is 12.3 Å². The number of hydrogen-bond donors (Lipinski definition) is 3. The summed E-state index contributed by atoms with van der Waals surface area (Å²) in [5, 5.41) is 24.1. The summed E-state index contributed by atoms with van der Waals surface area (Å²) in [5.74, 6) is -1.46. The van der Waals surface area contributed by atoms with Gasteiger partial charge in [0, 0.05) is 18.8 Å². The van der Waals surface area contributed by atoms with Crippen LogP contribution in [0.2, 0.25) is 0 Å². The van der Waals surface area contributed by atoms with E-state index >= 15 is 0 Å². The number of halogens is 3. The fourth-order valence-electron chi connectivity index (χ4n) is 3.91. The van der Waals surface area contributed by atoms with Crippen molar-refractivity contribution >= 4 is 25.8 Å². The van der Waals surface area contributed by atoms with E-state index in [4.69, 9.17) is 18.1 Å². The maximum absolute atomic E-state index is 12.9. The number of rotatable bonds is 16. The van der Waals surface area contributed by atoms with Crippen LogP contribution in [0.1, 0.15) is 37.7 Å². The second kappa shape index (κ2) is 14.6. The highest BCUT2D eigenvalue weighted by Gasteiger charge is 2.41. The number of aliphatic hydroxyl groups is 2. The lowest BCUT2D eigenvalue weighted by Crippen LogP contribution is -2.22. The van der Waals surface area contributed by atoms with E-state index < -0.39 is 43.6 Å². The molecule has 0 saturated heterocycles. The predicted octanol–water partition coefficient (Wildman–Crippen LogP) is 3.82. The molecular formula is C24H32BF3O6S. The van der Waals surface area contributed by atoms with Gasteiger partial charge >= 0.3 is 12.1 Å². The van der Waals surface area contributed by atoms with Crippen molar-refractivity contribution in [1.82, 2.24) is 0 Å². The van der Waals surface area contributed by atoms with Crippen LogP contribution in [0.15, 0.2) is 48.6 Å². The van der Waals surface area contributed by atoms with Crippen LogP contribution in [0.4, 0.5) is 13.2 Å². The van der Waals surface area contributed by atoms with E-state index in [0.29, 0.717) is 25.7 Å². The van der Waals surface area contributed by atoms with Gasteiger partial charge in [-0.1, -0.05) is 30.4 Å². The van der Waals surface area contributed by atoms with Crippen molar-refractivity contribution in [3.8, 4) is 5.75 Å². The summed E-state index contributed by atoms with van der Waals surface area (Å²) in [6.45, 7) is -0.220. The van der Waals surface area contributed by atoms with Crippen molar-refractivity contribution in [3.05, 3.63) is 54.1 Å². The predicted molar refractivity (Wildman–Crippen MR) is 131 cm³/mol. The van der Waals surface area contributed by atoms with Crippen molar-refractivity contribution in [2.45, 2.75) is 56.6 Å². The highest BCUT2D eigenvalue weighted by Crippen LogP contribution is 2.39. The number of carboxylic acids is 1. The normalized spacial score (nSPS) is 24.9. The monoisotopic (exact) mass is 521 g/mol. The highest BCUT2D eigenvalue weighted by molar-refractivity contribution is 7.95. The van der Waals surface area contributed by atoms with Crippen LogP contribution >= 0.6 is 12.0 Å². The van der Waals surface area contributed by atoms with Crippen LogP contribution in [-0.4, -0.2) is 63.7 Å². The molecule has 1 fully saturated rings. The maximum Gasteiger partial charge on any atom is 0.416 e. The smallest absolute Gasteiger partial charge is 0.416 e. The van der Waals surface area contributed by atoms with Gasteiger partial charge in [0.25, 0.3) is 0 Å². The average Bonchev–Trinajstić information content (AvgIpc) is 3.14. The van der Waals surface area contributed by atoms with Gasteiger partial charge in [0.2, 0.25) is 1.43 Å². The molecule has 0 aliphatic heterocycles. The lowest BCUT2D eigenvalue weighted by atomic mass is 9.89. The first kappa shape index (κ1) is 24.7. The molecule has 1 aliphatic rings. The maximum atomic E-state index is 12.9. The van der Waals surface area contributed by atoms with Crippen molar-refractivity contribution in [2.24, 2.45) is 11.8 Å². The molecule has 2 rings (SSSR count). The van der Waals surface area contributed by atoms with Gasteiger partial charge in [0.15, 0.2) is 0 Å². The fraction of sp³-hybridized carbons (Fsp3) is 0.542. The minimum Gasteiger partial charge on any atom is -0.491 e. The molecule has 1 aromatic rings. The third-order valence-corrected chi connectivity index (χ3v) is 6.13. The lowest BCUT2D eigenvalue weighted by molar-refractivity contribution is -0.138. The molecule has 0 radical (unpaired) electrons. The van der Waals surface area contributed by atoms with Crippen molar-refractivity contribution < 1.29 is 42.2 Å². The van der Waals surface area contributed by atoms with Crippen LogP contribution in [-0.2, 0) is 15.2 Å². The molecule has 1 aliphatic carbocycles. The summed E-state index contributed by atoms with van der Waals surface area (Å²) in [6.07, 6.45) is 2.41. The van der Waals surface area contributed by atoms with Gasteiger partial charge in [-0.3, -0.25) is 4.79 Å². The summed E-state index contributed by atoms with van der Waals surface area (Å²) in [7, 11) is -1.05. The quantitative estimate of drug-likeness (QED) is 0.132. The number of ether oxygens (including phenoxy) is 1. The lowest BCUT2D eigenvalue weighted by Gasteiger charge is -2.22. The molecule has 5 atom stereocenters. The van der Waals surface area contributed by atoms with E-state index in [1.165, 1.54) is 18.2 Å². The Bertz CT molecular complexity index is 925. The second-order valence-corrected chi connectivity index (χ2v) is 8.98. The fourth-order valence-corrected chi connectivity index (χ4v) is 4.39. The summed E-state index contributed by atoms with van der Waals surface area (Å²) >= 11 is 1.00. The Kier molecular flexibility index (Phi) is 10.3. The standard InChI is InChI=1S/C24H32BF3O6S/c25-15-35-34-22-13-21(30)19(20(22)8-3-1-2-4-9-23(31)32)11-10-17(29)14-33-18-7-5-6-16(12-18)24(26,27)28/h1,3,5-7,10-12,17,19-22,29-30H,2,4,8-9,13-15,25H2,(H,31,32)/b3-1-,11-10+/t17?,19-,20?,21?,22?/m1/s1/i25TD,29T. The third kappa shape index (κ3) is 10.3. The minimum absolute atomic E-state index is 0.0188. The first-order valence-electron chi connectivity index (χ1n) is 12.9. The number of carbonyl (C=O) groups is 1. The summed E-state index contributed by atoms with van der Waals surface area (Å²) < 4.78 is 71.9. The molecular weight excluding hydrogens is 484 g/mol. The summed E-state index contributed by atoms with van der Waals surface area (Å²) in [6, 6.07) is 4.39. The zero-order valence-electron chi connectivity index (χ0n) is 22.1. The molecule has 35 heavy (non-hydrogen) atoms. The van der Waals surface area contributed by atoms with Crippen LogP contribution < -0.4 is 4.74 Å². The molecule has 0 bridgehead atoms. The van der Waals surface area contributed by atoms with E-state index in [-0.39, 0.29) is 36.5 Å². The molecule has 1 aromatic carbocycles.